The van der Waals surface area contributed by atoms with Crippen molar-refractivity contribution in [1.29, 1.82) is 0 Å². The Balaban J connectivity index is 2.91. The average Bonchev–Trinajstić information content (AvgIpc) is 2.21. The molecule has 0 amide bonds. The summed E-state index contributed by atoms with van der Waals surface area (Å²) in [5.41, 5.74) is 2.71. The van der Waals surface area contributed by atoms with Crippen LogP contribution < -0.4 is 0 Å². The lowest BCUT2D eigenvalue weighted by molar-refractivity contribution is 0.318. The Labute approximate surface area is 82.8 Å². The van der Waals surface area contributed by atoms with Gasteiger partial charge >= 0.3 is 0 Å². The molecule has 2 nitrogen and oxygen atoms in total. The molecule has 0 atom stereocenters. The molecule has 0 aliphatic heterocycles. The molecule has 0 aliphatic rings. The van der Waals surface area contributed by atoms with Crippen molar-refractivity contribution in [2.75, 3.05) is 0 Å². The van der Waals surface area contributed by atoms with E-state index < -0.39 is 0 Å². The van der Waals surface area contributed by atoms with Crippen LogP contribution in [0.2, 0.25) is 0 Å². The van der Waals surface area contributed by atoms with Crippen LogP contribution in [0, 0.1) is 0 Å². The number of halogens is 1. The van der Waals surface area contributed by atoms with Crippen LogP contribution in [0.25, 0.3) is 0 Å². The average molecular weight is 198 g/mol. The molecule has 0 fully saturated rings. The van der Waals surface area contributed by atoms with Crippen LogP contribution >= 0.6 is 11.6 Å². The van der Waals surface area contributed by atoms with Crippen LogP contribution in [0.3, 0.4) is 0 Å². The summed E-state index contributed by atoms with van der Waals surface area (Å²) in [6.45, 7) is 1.95. The van der Waals surface area contributed by atoms with Crippen LogP contribution in [-0.2, 0) is 5.88 Å². The molecule has 0 saturated carbocycles. The minimum absolute atomic E-state index is 0.512. The second-order valence-corrected chi connectivity index (χ2v) is 3.00. The Morgan fingerprint density at radius 1 is 1.38 bits per heavy atom. The van der Waals surface area contributed by atoms with Gasteiger partial charge in [0, 0.05) is 5.88 Å². The quantitative estimate of drug-likeness (QED) is 0.344. The smallest absolute Gasteiger partial charge is 0.0865 e. The van der Waals surface area contributed by atoms with Crippen LogP contribution in [0.5, 0.6) is 0 Å². The Morgan fingerprint density at radius 2 is 2.00 bits per heavy atom. The van der Waals surface area contributed by atoms with Gasteiger partial charge in [-0.3, -0.25) is 0 Å². The molecule has 1 N–H and O–H groups in total. The Bertz CT molecular complexity index is 292. The number of nitrogens with zero attached hydrogens (tertiary/aromatic N) is 1. The second-order valence-electron chi connectivity index (χ2n) is 2.73. The number of hydrogen-bond donors (Lipinski definition) is 1. The van der Waals surface area contributed by atoms with E-state index in [0.29, 0.717) is 11.6 Å². The highest BCUT2D eigenvalue weighted by Gasteiger charge is 2.00. The number of benzene rings is 1. The highest BCUT2D eigenvalue weighted by Crippen LogP contribution is 2.09. The lowest BCUT2D eigenvalue weighted by Gasteiger charge is -2.01. The van der Waals surface area contributed by atoms with E-state index in [1.807, 2.05) is 31.2 Å². The standard InChI is InChI=1S/C10H12ClNO/c1-2-10(12-13)9-5-3-8(7-11)4-6-9/h3-6,13H,2,7H2,1H3/b12-10-. The lowest BCUT2D eigenvalue weighted by atomic mass is 10.1. The van der Waals surface area contributed by atoms with Crippen molar-refractivity contribution in [3.05, 3.63) is 35.4 Å². The maximum Gasteiger partial charge on any atom is 0.0865 e. The van der Waals surface area contributed by atoms with Crippen LogP contribution in [0.15, 0.2) is 29.4 Å². The number of alkyl halides is 1. The van der Waals surface area contributed by atoms with E-state index in [9.17, 15) is 0 Å². The zero-order chi connectivity index (χ0) is 9.68. The Morgan fingerprint density at radius 3 is 2.38 bits per heavy atom. The van der Waals surface area contributed by atoms with Gasteiger partial charge < -0.3 is 5.21 Å². The molecular formula is C10H12ClNO. The van der Waals surface area contributed by atoms with Crippen molar-refractivity contribution in [3.63, 3.8) is 0 Å². The van der Waals surface area contributed by atoms with Crippen molar-refractivity contribution in [2.45, 2.75) is 19.2 Å². The van der Waals surface area contributed by atoms with Crippen LogP contribution in [-0.4, -0.2) is 10.9 Å². The van der Waals surface area contributed by atoms with Crippen molar-refractivity contribution in [2.24, 2.45) is 5.16 Å². The summed E-state index contributed by atoms with van der Waals surface area (Å²) >= 11 is 5.65. The Hall–Kier alpha value is -1.02. The van der Waals surface area contributed by atoms with Gasteiger partial charge in [-0.05, 0) is 17.5 Å². The lowest BCUT2D eigenvalue weighted by Crippen LogP contribution is -1.98. The van der Waals surface area contributed by atoms with Gasteiger partial charge in [0.1, 0.15) is 0 Å². The molecule has 1 aromatic carbocycles. The van der Waals surface area contributed by atoms with Crippen molar-refractivity contribution in [1.82, 2.24) is 0 Å². The fraction of sp³-hybridized carbons (Fsp3) is 0.300. The third-order valence-corrected chi connectivity index (χ3v) is 2.21. The van der Waals surface area contributed by atoms with Crippen LogP contribution in [0.1, 0.15) is 24.5 Å². The highest BCUT2D eigenvalue weighted by molar-refractivity contribution is 6.17. The maximum absolute atomic E-state index is 8.67. The molecule has 1 aromatic rings. The second kappa shape index (κ2) is 4.87. The van der Waals surface area contributed by atoms with Gasteiger partial charge in [0.25, 0.3) is 0 Å². The molecule has 0 bridgehead atoms. The summed E-state index contributed by atoms with van der Waals surface area (Å²) in [6.07, 6.45) is 0.719. The summed E-state index contributed by atoms with van der Waals surface area (Å²) in [6, 6.07) is 7.69. The number of rotatable bonds is 3. The van der Waals surface area contributed by atoms with Gasteiger partial charge in [0.15, 0.2) is 0 Å². The third kappa shape index (κ3) is 2.46. The van der Waals surface area contributed by atoms with Crippen molar-refractivity contribution < 1.29 is 5.21 Å². The van der Waals surface area contributed by atoms with E-state index in [-0.39, 0.29) is 0 Å². The SMILES string of the molecule is CC/C(=N/O)c1ccc(CCl)cc1. The highest BCUT2D eigenvalue weighted by atomic mass is 35.5. The molecule has 0 saturated heterocycles. The first-order valence-corrected chi connectivity index (χ1v) is 4.71. The summed E-state index contributed by atoms with van der Waals surface area (Å²) in [4.78, 5) is 0. The Kier molecular flexibility index (Phi) is 3.77. The fourth-order valence-electron chi connectivity index (χ4n) is 1.12. The van der Waals surface area contributed by atoms with E-state index in [4.69, 9.17) is 16.8 Å². The zero-order valence-corrected chi connectivity index (χ0v) is 8.25. The summed E-state index contributed by atoms with van der Waals surface area (Å²) in [5, 5.41) is 11.9. The monoisotopic (exact) mass is 197 g/mol. The predicted molar refractivity (Wildman–Crippen MR) is 54.6 cm³/mol. The first-order chi connectivity index (χ1) is 6.31. The first kappa shape index (κ1) is 10.1. The van der Waals surface area contributed by atoms with Crippen LogP contribution in [0.4, 0.5) is 0 Å². The van der Waals surface area contributed by atoms with Gasteiger partial charge in [-0.2, -0.15) is 0 Å². The molecule has 0 radical (unpaired) electrons. The summed E-state index contributed by atoms with van der Waals surface area (Å²) < 4.78 is 0. The maximum atomic E-state index is 8.67. The topological polar surface area (TPSA) is 32.6 Å². The molecular weight excluding hydrogens is 186 g/mol. The summed E-state index contributed by atoms with van der Waals surface area (Å²) in [7, 11) is 0. The summed E-state index contributed by atoms with van der Waals surface area (Å²) in [5.74, 6) is 0.512. The molecule has 3 heteroatoms. The molecule has 0 unspecified atom stereocenters. The number of hydrogen-bond acceptors (Lipinski definition) is 2. The molecule has 0 aliphatic carbocycles. The van der Waals surface area contributed by atoms with E-state index in [1.54, 1.807) is 0 Å². The first-order valence-electron chi connectivity index (χ1n) is 4.18. The molecule has 1 rings (SSSR count). The fourth-order valence-corrected chi connectivity index (χ4v) is 1.30. The number of oxime groups is 1. The largest absolute Gasteiger partial charge is 0.411 e. The zero-order valence-electron chi connectivity index (χ0n) is 7.50. The molecule has 0 aromatic heterocycles. The van der Waals surface area contributed by atoms with Gasteiger partial charge in [-0.25, -0.2) is 0 Å². The molecule has 13 heavy (non-hydrogen) atoms. The van der Waals surface area contributed by atoms with Gasteiger partial charge in [0.2, 0.25) is 0 Å². The van der Waals surface area contributed by atoms with Crippen molar-refractivity contribution in [3.8, 4) is 0 Å². The van der Waals surface area contributed by atoms with E-state index in [2.05, 4.69) is 5.16 Å². The normalized spacial score (nSPS) is 11.7. The van der Waals surface area contributed by atoms with Gasteiger partial charge in [-0.1, -0.05) is 36.3 Å². The van der Waals surface area contributed by atoms with Gasteiger partial charge in [-0.15, -0.1) is 11.6 Å². The van der Waals surface area contributed by atoms with E-state index in [0.717, 1.165) is 17.5 Å². The van der Waals surface area contributed by atoms with E-state index >= 15 is 0 Å². The molecule has 0 heterocycles. The predicted octanol–water partition coefficient (Wildman–Crippen LogP) is 3.01. The van der Waals surface area contributed by atoms with Crippen molar-refractivity contribution >= 4 is 17.3 Å². The third-order valence-electron chi connectivity index (χ3n) is 1.90. The minimum atomic E-state index is 0.512. The molecule has 0 spiro atoms. The minimum Gasteiger partial charge on any atom is -0.411 e. The van der Waals surface area contributed by atoms with E-state index in [1.165, 1.54) is 0 Å². The molecule has 70 valence electrons. The van der Waals surface area contributed by atoms with Gasteiger partial charge in [0.05, 0.1) is 5.71 Å².